The fraction of sp³-hybridized carbons (Fsp3) is 0.185. The van der Waals surface area contributed by atoms with E-state index in [9.17, 15) is 34.4 Å². The van der Waals surface area contributed by atoms with Crippen LogP contribution in [-0.4, -0.2) is 40.9 Å². The van der Waals surface area contributed by atoms with E-state index < -0.39 is 52.1 Å². The fourth-order valence-corrected chi connectivity index (χ4v) is 5.42. The predicted molar refractivity (Wildman–Crippen MR) is 132 cm³/mol. The number of nitrogens with zero attached hydrogens (tertiary/aromatic N) is 2. The Kier molecular flexibility index (Phi) is 6.00. The van der Waals surface area contributed by atoms with Gasteiger partial charge in [0.05, 0.1) is 35.1 Å². The van der Waals surface area contributed by atoms with Gasteiger partial charge in [0.15, 0.2) is 5.54 Å². The molecular weight excluding hydrogens is 494 g/mol. The number of carbonyl (C=O) groups excluding carboxylic acids is 3. The third kappa shape index (κ3) is 3.63. The zero-order valence-electron chi connectivity index (χ0n) is 19.9. The molecule has 0 saturated carbocycles. The van der Waals surface area contributed by atoms with Crippen molar-refractivity contribution in [2.45, 2.75) is 11.6 Å². The molecular formula is C27H21N3O8. The van der Waals surface area contributed by atoms with Crippen LogP contribution >= 0.6 is 0 Å². The maximum Gasteiger partial charge on any atom is 0.337 e. The van der Waals surface area contributed by atoms with Crippen LogP contribution in [0.1, 0.15) is 27.5 Å². The number of nitrogens with one attached hydrogen (secondary N) is 1. The lowest BCUT2D eigenvalue weighted by Gasteiger charge is -2.31. The summed E-state index contributed by atoms with van der Waals surface area (Å²) in [6.45, 7) is 0. The van der Waals surface area contributed by atoms with Gasteiger partial charge in [-0.1, -0.05) is 48.5 Å². The molecule has 2 aliphatic rings. The molecule has 0 aliphatic carbocycles. The summed E-state index contributed by atoms with van der Waals surface area (Å²) in [5.74, 6) is -5.90. The van der Waals surface area contributed by atoms with Crippen molar-refractivity contribution in [3.63, 3.8) is 0 Å². The molecule has 11 nitrogen and oxygen atoms in total. The molecule has 2 N–H and O–H groups in total. The number of esters is 1. The first-order valence-corrected chi connectivity index (χ1v) is 11.6. The molecule has 0 bridgehead atoms. The number of anilines is 1. The summed E-state index contributed by atoms with van der Waals surface area (Å²) in [4.78, 5) is 64.2. The van der Waals surface area contributed by atoms with Crippen LogP contribution in [0.5, 0.6) is 0 Å². The van der Waals surface area contributed by atoms with Crippen molar-refractivity contribution >= 4 is 35.1 Å². The van der Waals surface area contributed by atoms with E-state index in [1.807, 2.05) is 0 Å². The van der Waals surface area contributed by atoms with Crippen molar-refractivity contribution in [1.82, 2.24) is 5.32 Å². The molecule has 11 heteroatoms. The molecule has 4 atom stereocenters. The van der Waals surface area contributed by atoms with E-state index in [4.69, 9.17) is 4.74 Å². The number of benzene rings is 3. The second-order valence-corrected chi connectivity index (χ2v) is 9.01. The first-order valence-electron chi connectivity index (χ1n) is 11.6. The SMILES string of the molecule is COC(=O)c1ccc(C2NC(C(=O)O)(c3ccccc3)C3C(=O)N(c4cccc([N+](=O)[O-])c4)C(=O)C23)cc1. The second kappa shape index (κ2) is 9.20. The Labute approximate surface area is 215 Å². The highest BCUT2D eigenvalue weighted by molar-refractivity contribution is 6.24. The van der Waals surface area contributed by atoms with Crippen LogP contribution in [0.4, 0.5) is 11.4 Å². The highest BCUT2D eigenvalue weighted by Crippen LogP contribution is 2.53. The van der Waals surface area contributed by atoms with Crippen molar-refractivity contribution in [1.29, 1.82) is 0 Å². The topological polar surface area (TPSA) is 156 Å². The fourth-order valence-electron chi connectivity index (χ4n) is 5.42. The number of carboxylic acid groups (broad SMARTS) is 1. The highest BCUT2D eigenvalue weighted by atomic mass is 16.6. The van der Waals surface area contributed by atoms with Gasteiger partial charge in [0.2, 0.25) is 11.8 Å². The van der Waals surface area contributed by atoms with Gasteiger partial charge < -0.3 is 9.84 Å². The minimum atomic E-state index is -1.97. The van der Waals surface area contributed by atoms with E-state index in [-0.39, 0.29) is 22.5 Å². The number of nitro groups is 1. The van der Waals surface area contributed by atoms with Gasteiger partial charge in [-0.05, 0) is 29.3 Å². The number of hydrogen-bond donors (Lipinski definition) is 2. The molecule has 3 aromatic rings. The summed E-state index contributed by atoms with van der Waals surface area (Å²) < 4.78 is 4.73. The van der Waals surface area contributed by atoms with Crippen molar-refractivity contribution in [2.75, 3.05) is 12.0 Å². The first kappa shape index (κ1) is 24.8. The number of nitro benzene ring substituents is 1. The number of carbonyl (C=O) groups is 4. The van der Waals surface area contributed by atoms with Gasteiger partial charge in [0.25, 0.3) is 5.69 Å². The monoisotopic (exact) mass is 515 g/mol. The van der Waals surface area contributed by atoms with Gasteiger partial charge in [0.1, 0.15) is 0 Å². The van der Waals surface area contributed by atoms with Crippen LogP contribution in [0.25, 0.3) is 0 Å². The Hall–Kier alpha value is -4.90. The molecule has 2 aliphatic heterocycles. The molecule has 4 unspecified atom stereocenters. The number of ether oxygens (including phenoxy) is 1. The minimum absolute atomic E-state index is 0.0178. The summed E-state index contributed by atoms with van der Waals surface area (Å²) in [5, 5.41) is 25.0. The van der Waals surface area contributed by atoms with Gasteiger partial charge in [-0.3, -0.25) is 25.0 Å². The zero-order valence-corrected chi connectivity index (χ0v) is 19.9. The molecule has 2 heterocycles. The number of rotatable bonds is 6. The van der Waals surface area contributed by atoms with E-state index in [0.717, 1.165) is 11.0 Å². The number of methoxy groups -OCH3 is 1. The lowest BCUT2D eigenvalue weighted by atomic mass is 9.75. The average molecular weight is 515 g/mol. The van der Waals surface area contributed by atoms with Gasteiger partial charge in [-0.15, -0.1) is 0 Å². The van der Waals surface area contributed by atoms with Crippen molar-refractivity contribution in [3.8, 4) is 0 Å². The Morgan fingerprint density at radius 2 is 1.68 bits per heavy atom. The molecule has 2 saturated heterocycles. The van der Waals surface area contributed by atoms with Crippen LogP contribution in [0.2, 0.25) is 0 Å². The molecule has 38 heavy (non-hydrogen) atoms. The number of fused-ring (bicyclic) bond motifs is 1. The predicted octanol–water partition coefficient (Wildman–Crippen LogP) is 2.81. The standard InChI is InChI=1S/C27H21N3O8/c1-38-25(33)16-12-10-15(11-13-16)22-20-21(27(28-22,26(34)35)17-6-3-2-4-7-17)24(32)29(23(20)31)18-8-5-9-19(14-18)30(36)37/h2-14,20-22,28H,1H3,(H,34,35). The van der Waals surface area contributed by atoms with Gasteiger partial charge in [-0.25, -0.2) is 14.5 Å². The van der Waals surface area contributed by atoms with Crippen LogP contribution in [-0.2, 0) is 24.7 Å². The summed E-state index contributed by atoms with van der Waals surface area (Å²) in [7, 11) is 1.24. The number of amides is 2. The van der Waals surface area contributed by atoms with E-state index in [0.29, 0.717) is 5.56 Å². The Balaban J connectivity index is 1.67. The van der Waals surface area contributed by atoms with Gasteiger partial charge in [-0.2, -0.15) is 0 Å². The Morgan fingerprint density at radius 3 is 2.29 bits per heavy atom. The van der Waals surface area contributed by atoms with E-state index in [1.54, 1.807) is 42.5 Å². The third-order valence-electron chi connectivity index (χ3n) is 7.12. The molecule has 0 spiro atoms. The lowest BCUT2D eigenvalue weighted by Crippen LogP contribution is -2.53. The van der Waals surface area contributed by atoms with Crippen LogP contribution in [0, 0.1) is 22.0 Å². The Morgan fingerprint density at radius 1 is 1.00 bits per heavy atom. The summed E-state index contributed by atoms with van der Waals surface area (Å²) in [6.07, 6.45) is 0. The number of imide groups is 1. The number of aliphatic carboxylic acids is 1. The second-order valence-electron chi connectivity index (χ2n) is 9.01. The maximum atomic E-state index is 13.9. The smallest absolute Gasteiger partial charge is 0.337 e. The third-order valence-corrected chi connectivity index (χ3v) is 7.12. The normalized spacial score (nSPS) is 24.2. The van der Waals surface area contributed by atoms with Crippen LogP contribution in [0.15, 0.2) is 78.9 Å². The van der Waals surface area contributed by atoms with Gasteiger partial charge in [0, 0.05) is 18.2 Å². The highest BCUT2D eigenvalue weighted by Gasteiger charge is 2.69. The number of hydrogen-bond acceptors (Lipinski definition) is 8. The number of carboxylic acids is 1. The maximum absolute atomic E-state index is 13.9. The van der Waals surface area contributed by atoms with E-state index in [2.05, 4.69) is 5.32 Å². The Bertz CT molecular complexity index is 1470. The zero-order chi connectivity index (χ0) is 27.2. The van der Waals surface area contributed by atoms with Crippen molar-refractivity contribution in [2.24, 2.45) is 11.8 Å². The molecule has 3 aromatic carbocycles. The van der Waals surface area contributed by atoms with Crippen LogP contribution < -0.4 is 10.2 Å². The van der Waals surface area contributed by atoms with Crippen LogP contribution in [0.3, 0.4) is 0 Å². The lowest BCUT2D eigenvalue weighted by molar-refractivity contribution is -0.384. The molecule has 0 aromatic heterocycles. The summed E-state index contributed by atoms with van der Waals surface area (Å²) >= 11 is 0. The summed E-state index contributed by atoms with van der Waals surface area (Å²) in [5.41, 5.74) is -1.30. The quantitative estimate of drug-likeness (QED) is 0.218. The van der Waals surface area contributed by atoms with Crippen molar-refractivity contribution < 1.29 is 33.9 Å². The van der Waals surface area contributed by atoms with E-state index in [1.165, 1.54) is 37.4 Å². The minimum Gasteiger partial charge on any atom is -0.480 e. The first-order chi connectivity index (χ1) is 18.2. The largest absolute Gasteiger partial charge is 0.480 e. The van der Waals surface area contributed by atoms with Gasteiger partial charge >= 0.3 is 11.9 Å². The van der Waals surface area contributed by atoms with Crippen molar-refractivity contribution in [3.05, 3.63) is 106 Å². The number of non-ortho nitro benzene ring substituents is 1. The average Bonchev–Trinajstić information content (AvgIpc) is 3.43. The molecule has 192 valence electrons. The van der Waals surface area contributed by atoms with E-state index >= 15 is 0 Å². The molecule has 2 fully saturated rings. The molecule has 5 rings (SSSR count). The molecule has 0 radical (unpaired) electrons. The molecule has 2 amide bonds. The summed E-state index contributed by atoms with van der Waals surface area (Å²) in [6, 6.07) is 18.4.